The number of hydrogen-bond donors (Lipinski definition) is 1. The van der Waals surface area contributed by atoms with Crippen LogP contribution in [-0.4, -0.2) is 17.3 Å². The number of rotatable bonds is 4. The fourth-order valence-electron chi connectivity index (χ4n) is 1.16. The number of nitro groups is 1. The molecule has 0 atom stereocenters. The van der Waals surface area contributed by atoms with Gasteiger partial charge in [-0.1, -0.05) is 0 Å². The number of carbonyl (C=O) groups is 1. The predicted molar refractivity (Wildman–Crippen MR) is 51.0 cm³/mol. The second-order valence-corrected chi connectivity index (χ2v) is 3.00. The molecule has 2 N–H and O–H groups in total. The quantitative estimate of drug-likeness (QED) is 0.481. The lowest BCUT2D eigenvalue weighted by atomic mass is 10.1. The van der Waals surface area contributed by atoms with Gasteiger partial charge in [-0.25, -0.2) is 4.39 Å². The normalized spacial score (nSPS) is 10.2. The van der Waals surface area contributed by atoms with Crippen LogP contribution in [0.25, 0.3) is 0 Å². The minimum atomic E-state index is -1.24. The number of carbonyl (C=O) groups excluding carboxylic acids is 1. The molecule has 0 spiro atoms. The molecule has 0 radical (unpaired) electrons. The van der Waals surface area contributed by atoms with E-state index in [0.717, 1.165) is 0 Å². The molecule has 0 heterocycles. The maximum Gasteiger partial charge on any atom is 0.307 e. The highest BCUT2D eigenvalue weighted by atomic mass is 19.1. The van der Waals surface area contributed by atoms with E-state index in [1.54, 1.807) is 0 Å². The molecule has 0 amide bonds. The maximum absolute atomic E-state index is 13.2. The third-order valence-corrected chi connectivity index (χ3v) is 1.91. The first-order chi connectivity index (χ1) is 7.47. The van der Waals surface area contributed by atoms with E-state index in [1.807, 2.05) is 0 Å². The Balaban J connectivity index is 3.20. The van der Waals surface area contributed by atoms with Crippen LogP contribution in [0, 0.1) is 21.7 Å². The molecule has 1 aromatic carbocycles. The van der Waals surface area contributed by atoms with Crippen LogP contribution in [0.5, 0.6) is 0 Å². The summed E-state index contributed by atoms with van der Waals surface area (Å²) in [6, 6.07) is 0.907. The van der Waals surface area contributed by atoms with Crippen LogP contribution >= 0.6 is 0 Å². The molecule has 0 saturated carbocycles. The smallest absolute Gasteiger partial charge is 0.307 e. The maximum atomic E-state index is 13.2. The van der Waals surface area contributed by atoms with Gasteiger partial charge in [0.15, 0.2) is 5.78 Å². The van der Waals surface area contributed by atoms with Crippen LogP contribution in [0.1, 0.15) is 16.8 Å². The van der Waals surface area contributed by atoms with Crippen LogP contribution < -0.4 is 5.73 Å². The lowest BCUT2D eigenvalue weighted by Crippen LogP contribution is -2.10. The molecule has 1 rings (SSSR count). The highest BCUT2D eigenvalue weighted by molar-refractivity contribution is 5.96. The molecule has 0 aliphatic carbocycles. The summed E-state index contributed by atoms with van der Waals surface area (Å²) in [5, 5.41) is 10.3. The van der Waals surface area contributed by atoms with Gasteiger partial charge in [0.1, 0.15) is 5.82 Å². The lowest BCUT2D eigenvalue weighted by molar-refractivity contribution is -0.387. The Morgan fingerprint density at radius 3 is 2.50 bits per heavy atom. The van der Waals surface area contributed by atoms with Gasteiger partial charge in [0, 0.05) is 6.42 Å². The van der Waals surface area contributed by atoms with E-state index < -0.39 is 33.6 Å². The summed E-state index contributed by atoms with van der Waals surface area (Å²) in [4.78, 5) is 20.5. The highest BCUT2D eigenvalue weighted by Crippen LogP contribution is 2.22. The molecular weight excluding hydrogens is 222 g/mol. The number of benzene rings is 1. The van der Waals surface area contributed by atoms with Gasteiger partial charge in [0.25, 0.3) is 0 Å². The van der Waals surface area contributed by atoms with Crippen molar-refractivity contribution < 1.29 is 18.5 Å². The molecule has 86 valence electrons. The number of nitrogens with zero attached hydrogens (tertiary/aromatic N) is 1. The Kier molecular flexibility index (Phi) is 3.62. The molecule has 0 unspecified atom stereocenters. The van der Waals surface area contributed by atoms with E-state index in [4.69, 9.17) is 5.73 Å². The summed E-state index contributed by atoms with van der Waals surface area (Å²) in [5.74, 6) is -3.05. The van der Waals surface area contributed by atoms with Gasteiger partial charge in [-0.2, -0.15) is 4.39 Å². The Morgan fingerprint density at radius 2 is 2.00 bits per heavy atom. The van der Waals surface area contributed by atoms with E-state index in [-0.39, 0.29) is 13.0 Å². The van der Waals surface area contributed by atoms with Crippen molar-refractivity contribution in [1.82, 2.24) is 0 Å². The van der Waals surface area contributed by atoms with Gasteiger partial charge >= 0.3 is 5.69 Å². The van der Waals surface area contributed by atoms with Crippen LogP contribution in [0.2, 0.25) is 0 Å². The lowest BCUT2D eigenvalue weighted by Gasteiger charge is -2.02. The zero-order valence-corrected chi connectivity index (χ0v) is 8.07. The second-order valence-electron chi connectivity index (χ2n) is 3.00. The van der Waals surface area contributed by atoms with Crippen molar-refractivity contribution >= 4 is 11.5 Å². The fraction of sp³-hybridized carbons (Fsp3) is 0.222. The Labute approximate surface area is 89.0 Å². The first-order valence-electron chi connectivity index (χ1n) is 4.34. The third-order valence-electron chi connectivity index (χ3n) is 1.91. The minimum absolute atomic E-state index is 0.00310. The minimum Gasteiger partial charge on any atom is -0.330 e. The number of halogens is 2. The van der Waals surface area contributed by atoms with E-state index in [1.165, 1.54) is 0 Å². The van der Waals surface area contributed by atoms with Gasteiger partial charge in [-0.05, 0) is 12.6 Å². The molecule has 0 aromatic heterocycles. The molecule has 5 nitrogen and oxygen atoms in total. The van der Waals surface area contributed by atoms with E-state index in [9.17, 15) is 23.7 Å². The molecule has 16 heavy (non-hydrogen) atoms. The van der Waals surface area contributed by atoms with Crippen molar-refractivity contribution in [2.75, 3.05) is 6.54 Å². The zero-order chi connectivity index (χ0) is 12.3. The first-order valence-corrected chi connectivity index (χ1v) is 4.34. The van der Waals surface area contributed by atoms with Gasteiger partial charge in [0.05, 0.1) is 16.6 Å². The molecule has 0 saturated heterocycles. The van der Waals surface area contributed by atoms with Crippen molar-refractivity contribution in [3.63, 3.8) is 0 Å². The number of Topliss-reactive ketones (excluding diaryl/α,β-unsaturated/α-hetero) is 1. The van der Waals surface area contributed by atoms with Gasteiger partial charge < -0.3 is 5.73 Å². The summed E-state index contributed by atoms with van der Waals surface area (Å²) in [6.45, 7) is -0.00310. The Hall–Kier alpha value is -1.89. The largest absolute Gasteiger partial charge is 0.330 e. The summed E-state index contributed by atoms with van der Waals surface area (Å²) >= 11 is 0. The predicted octanol–water partition coefficient (Wildman–Crippen LogP) is 1.40. The molecular formula is C9H8F2N2O3. The van der Waals surface area contributed by atoms with Crippen LogP contribution in [0.3, 0.4) is 0 Å². The monoisotopic (exact) mass is 230 g/mol. The van der Waals surface area contributed by atoms with Crippen LogP contribution in [0.15, 0.2) is 12.1 Å². The van der Waals surface area contributed by atoms with Crippen LogP contribution in [-0.2, 0) is 0 Å². The summed E-state index contributed by atoms with van der Waals surface area (Å²) in [5.41, 5.74) is 3.57. The van der Waals surface area contributed by atoms with E-state index in [0.29, 0.717) is 12.1 Å². The van der Waals surface area contributed by atoms with Gasteiger partial charge in [0.2, 0.25) is 5.82 Å². The van der Waals surface area contributed by atoms with E-state index in [2.05, 4.69) is 0 Å². The third kappa shape index (κ3) is 2.37. The van der Waals surface area contributed by atoms with Crippen molar-refractivity contribution in [3.05, 3.63) is 39.4 Å². The van der Waals surface area contributed by atoms with Crippen molar-refractivity contribution in [2.24, 2.45) is 5.73 Å². The molecule has 0 bridgehead atoms. The fourth-order valence-corrected chi connectivity index (χ4v) is 1.16. The molecule has 0 aliphatic rings. The molecule has 7 heteroatoms. The number of nitro benzene ring substituents is 1. The molecule has 1 aromatic rings. The second kappa shape index (κ2) is 4.75. The Morgan fingerprint density at radius 1 is 1.38 bits per heavy atom. The van der Waals surface area contributed by atoms with Crippen molar-refractivity contribution in [2.45, 2.75) is 6.42 Å². The zero-order valence-electron chi connectivity index (χ0n) is 8.07. The van der Waals surface area contributed by atoms with Crippen molar-refractivity contribution in [3.8, 4) is 0 Å². The van der Waals surface area contributed by atoms with Gasteiger partial charge in [-0.15, -0.1) is 0 Å². The number of hydrogen-bond acceptors (Lipinski definition) is 4. The SMILES string of the molecule is NCCC(=O)c1cc(F)c([N+](=O)[O-])cc1F. The number of nitrogens with two attached hydrogens (primary N) is 1. The Bertz CT molecular complexity index is 449. The summed E-state index contributed by atoms with van der Waals surface area (Å²) < 4.78 is 26.3. The molecule has 0 aliphatic heterocycles. The molecule has 0 fully saturated rings. The highest BCUT2D eigenvalue weighted by Gasteiger charge is 2.21. The topological polar surface area (TPSA) is 86.2 Å². The van der Waals surface area contributed by atoms with Crippen LogP contribution in [0.4, 0.5) is 14.5 Å². The van der Waals surface area contributed by atoms with Gasteiger partial charge in [-0.3, -0.25) is 14.9 Å². The summed E-state index contributed by atoms with van der Waals surface area (Å²) in [7, 11) is 0. The average Bonchev–Trinajstić information content (AvgIpc) is 2.20. The first kappa shape index (κ1) is 12.2. The summed E-state index contributed by atoms with van der Waals surface area (Å²) in [6.07, 6.45) is -0.145. The number of ketones is 1. The average molecular weight is 230 g/mol. The van der Waals surface area contributed by atoms with E-state index >= 15 is 0 Å². The standard InChI is InChI=1S/C9H8F2N2O3/c10-6-4-8(13(15)16)7(11)3-5(6)9(14)1-2-12/h3-4H,1-2,12H2. The van der Waals surface area contributed by atoms with Crippen molar-refractivity contribution in [1.29, 1.82) is 0 Å².